The number of nitrogens with one attached hydrogen (secondary N) is 1. The number of nitrogens with zero attached hydrogens (tertiary/aromatic N) is 2. The quantitative estimate of drug-likeness (QED) is 0.869. The lowest BCUT2D eigenvalue weighted by atomic mass is 10.1. The van der Waals surface area contributed by atoms with E-state index in [2.05, 4.69) is 66.3 Å². The largest absolute Gasteiger partial charge is 0.341 e. The third kappa shape index (κ3) is 3.61. The molecule has 0 atom stereocenters. The number of anilines is 2. The summed E-state index contributed by atoms with van der Waals surface area (Å²) >= 11 is 0. The first-order valence-electron chi connectivity index (χ1n) is 7.66. The number of hydrogen-bond donors (Lipinski definition) is 1. The van der Waals surface area contributed by atoms with Gasteiger partial charge < -0.3 is 10.2 Å². The number of hydrogen-bond acceptors (Lipinski definition) is 3. The van der Waals surface area contributed by atoms with Crippen molar-refractivity contribution in [3.63, 3.8) is 0 Å². The molecule has 0 spiro atoms. The molecular formula is C18H25N3. The van der Waals surface area contributed by atoms with Gasteiger partial charge in [0.05, 0.1) is 0 Å². The van der Waals surface area contributed by atoms with Gasteiger partial charge in [-0.3, -0.25) is 4.98 Å². The molecule has 0 saturated heterocycles. The maximum atomic E-state index is 4.46. The van der Waals surface area contributed by atoms with E-state index < -0.39 is 0 Å². The molecule has 112 valence electrons. The van der Waals surface area contributed by atoms with Gasteiger partial charge in [0, 0.05) is 41.9 Å². The minimum absolute atomic E-state index is 0.849. The summed E-state index contributed by atoms with van der Waals surface area (Å²) in [4.78, 5) is 6.83. The van der Waals surface area contributed by atoms with Crippen LogP contribution in [0, 0.1) is 13.8 Å². The van der Waals surface area contributed by atoms with Crippen LogP contribution in [0.5, 0.6) is 0 Å². The smallest absolute Gasteiger partial charge is 0.0490 e. The predicted octanol–water partition coefficient (Wildman–Crippen LogP) is 3.97. The first-order chi connectivity index (χ1) is 10.2. The molecule has 0 aliphatic carbocycles. The van der Waals surface area contributed by atoms with Crippen LogP contribution in [0.25, 0.3) is 0 Å². The van der Waals surface area contributed by atoms with E-state index in [0.29, 0.717) is 0 Å². The number of aryl methyl sites for hydroxylation is 2. The zero-order valence-corrected chi connectivity index (χ0v) is 13.5. The van der Waals surface area contributed by atoms with Gasteiger partial charge in [-0.2, -0.15) is 0 Å². The van der Waals surface area contributed by atoms with Crippen LogP contribution in [0.4, 0.5) is 11.4 Å². The molecule has 2 aromatic rings. The van der Waals surface area contributed by atoms with Crippen LogP contribution < -0.4 is 10.2 Å². The molecule has 0 saturated carbocycles. The van der Waals surface area contributed by atoms with Gasteiger partial charge in [0.2, 0.25) is 0 Å². The van der Waals surface area contributed by atoms with E-state index in [4.69, 9.17) is 0 Å². The van der Waals surface area contributed by atoms with Crippen LogP contribution in [0.1, 0.15) is 30.7 Å². The maximum Gasteiger partial charge on any atom is 0.0490 e. The molecule has 1 N–H and O–H groups in total. The van der Waals surface area contributed by atoms with Crippen molar-refractivity contribution in [3.8, 4) is 0 Å². The molecule has 21 heavy (non-hydrogen) atoms. The summed E-state index contributed by atoms with van der Waals surface area (Å²) in [6.45, 7) is 11.3. The van der Waals surface area contributed by atoms with E-state index in [-0.39, 0.29) is 0 Å². The van der Waals surface area contributed by atoms with E-state index in [1.807, 2.05) is 13.1 Å². The predicted molar refractivity (Wildman–Crippen MR) is 90.2 cm³/mol. The molecule has 1 aromatic carbocycles. The molecule has 0 bridgehead atoms. The van der Waals surface area contributed by atoms with Crippen LogP contribution in [-0.2, 0) is 6.54 Å². The highest BCUT2D eigenvalue weighted by Gasteiger charge is 2.14. The SMILES string of the molecule is CCNCc1cnc(C)cc1N(CC)c1ccccc1C. The van der Waals surface area contributed by atoms with Crippen molar-refractivity contribution in [1.82, 2.24) is 10.3 Å². The Bertz CT molecular complexity index is 593. The van der Waals surface area contributed by atoms with E-state index in [1.54, 1.807) is 0 Å². The third-order valence-electron chi connectivity index (χ3n) is 3.68. The molecule has 0 radical (unpaired) electrons. The molecule has 2 rings (SSSR count). The number of benzene rings is 1. The van der Waals surface area contributed by atoms with Crippen LogP contribution in [0.15, 0.2) is 36.5 Å². The second-order valence-electron chi connectivity index (χ2n) is 5.27. The second-order valence-corrected chi connectivity index (χ2v) is 5.27. The molecule has 3 heteroatoms. The lowest BCUT2D eigenvalue weighted by molar-refractivity contribution is 0.722. The molecule has 1 heterocycles. The number of pyridine rings is 1. The van der Waals surface area contributed by atoms with Crippen molar-refractivity contribution < 1.29 is 0 Å². The van der Waals surface area contributed by atoms with Crippen molar-refractivity contribution in [3.05, 3.63) is 53.3 Å². The molecule has 0 fully saturated rings. The zero-order chi connectivity index (χ0) is 15.2. The first-order valence-corrected chi connectivity index (χ1v) is 7.66. The molecule has 0 aliphatic rings. The summed E-state index contributed by atoms with van der Waals surface area (Å²) in [6.07, 6.45) is 1.99. The van der Waals surface area contributed by atoms with Gasteiger partial charge in [0.15, 0.2) is 0 Å². The Balaban J connectivity index is 2.46. The van der Waals surface area contributed by atoms with Gasteiger partial charge in [0.1, 0.15) is 0 Å². The summed E-state index contributed by atoms with van der Waals surface area (Å²) in [6, 6.07) is 10.7. The van der Waals surface area contributed by atoms with Gasteiger partial charge in [-0.25, -0.2) is 0 Å². The maximum absolute atomic E-state index is 4.46. The number of aromatic nitrogens is 1. The molecule has 0 unspecified atom stereocenters. The van der Waals surface area contributed by atoms with Crippen molar-refractivity contribution in [2.24, 2.45) is 0 Å². The van der Waals surface area contributed by atoms with Gasteiger partial charge in [-0.15, -0.1) is 0 Å². The van der Waals surface area contributed by atoms with Crippen LogP contribution in [0.2, 0.25) is 0 Å². The Morgan fingerprint density at radius 1 is 1.10 bits per heavy atom. The minimum Gasteiger partial charge on any atom is -0.341 e. The van der Waals surface area contributed by atoms with Crippen LogP contribution in [0.3, 0.4) is 0 Å². The summed E-state index contributed by atoms with van der Waals surface area (Å²) in [5.74, 6) is 0. The Labute approximate surface area is 128 Å². The van der Waals surface area contributed by atoms with Gasteiger partial charge in [0.25, 0.3) is 0 Å². The molecule has 3 nitrogen and oxygen atoms in total. The fourth-order valence-electron chi connectivity index (χ4n) is 2.56. The Morgan fingerprint density at radius 2 is 1.86 bits per heavy atom. The second kappa shape index (κ2) is 7.23. The molecule has 1 aromatic heterocycles. The van der Waals surface area contributed by atoms with Crippen molar-refractivity contribution in [2.45, 2.75) is 34.2 Å². The Kier molecular flexibility index (Phi) is 5.34. The lowest BCUT2D eigenvalue weighted by Gasteiger charge is -2.27. The normalized spacial score (nSPS) is 10.7. The first kappa shape index (κ1) is 15.5. The molecule has 0 aliphatic heterocycles. The summed E-state index contributed by atoms with van der Waals surface area (Å²) in [7, 11) is 0. The highest BCUT2D eigenvalue weighted by molar-refractivity contribution is 5.68. The third-order valence-corrected chi connectivity index (χ3v) is 3.68. The van der Waals surface area contributed by atoms with Crippen molar-refractivity contribution in [2.75, 3.05) is 18.0 Å². The van der Waals surface area contributed by atoms with Crippen LogP contribution >= 0.6 is 0 Å². The van der Waals surface area contributed by atoms with Crippen LogP contribution in [-0.4, -0.2) is 18.1 Å². The average Bonchev–Trinajstić information content (AvgIpc) is 2.49. The van der Waals surface area contributed by atoms with E-state index in [1.165, 1.54) is 22.5 Å². The van der Waals surface area contributed by atoms with E-state index in [0.717, 1.165) is 25.3 Å². The summed E-state index contributed by atoms with van der Waals surface area (Å²) in [5.41, 5.74) is 6.11. The van der Waals surface area contributed by atoms with Gasteiger partial charge >= 0.3 is 0 Å². The lowest BCUT2D eigenvalue weighted by Crippen LogP contribution is -2.21. The zero-order valence-electron chi connectivity index (χ0n) is 13.5. The Hall–Kier alpha value is -1.87. The van der Waals surface area contributed by atoms with Crippen molar-refractivity contribution >= 4 is 11.4 Å². The van der Waals surface area contributed by atoms with Crippen molar-refractivity contribution in [1.29, 1.82) is 0 Å². The number of para-hydroxylation sites is 1. The fraction of sp³-hybridized carbons (Fsp3) is 0.389. The average molecular weight is 283 g/mol. The monoisotopic (exact) mass is 283 g/mol. The Morgan fingerprint density at radius 3 is 2.52 bits per heavy atom. The minimum atomic E-state index is 0.849. The highest BCUT2D eigenvalue weighted by atomic mass is 15.1. The number of rotatable bonds is 6. The standard InChI is InChI=1S/C18H25N3/c1-5-19-12-16-13-20-15(4)11-18(16)21(6-2)17-10-8-7-9-14(17)3/h7-11,13,19H,5-6,12H2,1-4H3. The molecular weight excluding hydrogens is 258 g/mol. The van der Waals surface area contributed by atoms with Gasteiger partial charge in [-0.1, -0.05) is 25.1 Å². The molecule has 0 amide bonds. The van der Waals surface area contributed by atoms with E-state index in [9.17, 15) is 0 Å². The summed E-state index contributed by atoms with van der Waals surface area (Å²) in [5, 5.41) is 3.40. The fourth-order valence-corrected chi connectivity index (χ4v) is 2.56. The van der Waals surface area contributed by atoms with E-state index >= 15 is 0 Å². The summed E-state index contributed by atoms with van der Waals surface area (Å²) < 4.78 is 0. The topological polar surface area (TPSA) is 28.2 Å². The van der Waals surface area contributed by atoms with Gasteiger partial charge in [-0.05, 0) is 45.0 Å². The highest BCUT2D eigenvalue weighted by Crippen LogP contribution is 2.30.